The average Bonchev–Trinajstić information content (AvgIpc) is 3.18. The molecule has 1 spiro atoms. The SMILES string of the molecule is CCCCN1CCOc2ccccc2CCCCC2(CCN(C(=O)c3cc(C)n(C)n3)CC2)C1. The number of fused-ring (bicyclic) bond motifs is 1. The number of nitrogens with zero attached hydrogens (tertiary/aromatic N) is 4. The molecule has 0 unspecified atom stereocenters. The minimum Gasteiger partial charge on any atom is -0.492 e. The zero-order chi connectivity index (χ0) is 24.0. The fourth-order valence-electron chi connectivity index (χ4n) is 5.58. The zero-order valence-corrected chi connectivity index (χ0v) is 21.4. The van der Waals surface area contributed by atoms with Gasteiger partial charge in [0.1, 0.15) is 12.4 Å². The number of ether oxygens (including phenoxy) is 1. The van der Waals surface area contributed by atoms with Gasteiger partial charge < -0.3 is 9.64 Å². The standard InChI is InChI=1S/C28H42N4O2/c1-4-5-16-31-19-20-34-26-12-7-6-10-24(26)11-8-9-13-28(22-31)14-17-32(18-15-28)27(33)25-21-23(2)30(3)29-25/h6-7,10,12,21H,4-5,8-9,11,13-20,22H2,1-3H3. The van der Waals surface area contributed by atoms with Crippen molar-refractivity contribution in [3.05, 3.63) is 47.3 Å². The van der Waals surface area contributed by atoms with Gasteiger partial charge in [-0.3, -0.25) is 14.4 Å². The van der Waals surface area contributed by atoms with Gasteiger partial charge in [-0.05, 0) is 75.1 Å². The third-order valence-corrected chi connectivity index (χ3v) is 7.87. The number of benzene rings is 1. The molecule has 0 bridgehead atoms. The van der Waals surface area contributed by atoms with Crippen molar-refractivity contribution in [2.45, 2.75) is 65.2 Å². The van der Waals surface area contributed by atoms with Crippen LogP contribution in [0.15, 0.2) is 30.3 Å². The Balaban J connectivity index is 1.45. The molecule has 1 fully saturated rings. The van der Waals surface area contributed by atoms with Crippen molar-refractivity contribution >= 4 is 5.91 Å². The Morgan fingerprint density at radius 3 is 2.65 bits per heavy atom. The molecule has 1 aromatic carbocycles. The highest BCUT2D eigenvalue weighted by molar-refractivity contribution is 5.92. The summed E-state index contributed by atoms with van der Waals surface area (Å²) in [5.74, 6) is 1.14. The molecule has 1 saturated heterocycles. The van der Waals surface area contributed by atoms with Crippen molar-refractivity contribution in [1.29, 1.82) is 0 Å². The van der Waals surface area contributed by atoms with E-state index >= 15 is 0 Å². The Kier molecular flexibility index (Phi) is 8.30. The number of carbonyl (C=O) groups is 1. The molecule has 2 aromatic rings. The number of hydrogen-bond acceptors (Lipinski definition) is 4. The number of aryl methyl sites for hydroxylation is 3. The number of aromatic nitrogens is 2. The topological polar surface area (TPSA) is 50.6 Å². The van der Waals surface area contributed by atoms with Crippen LogP contribution in [0.25, 0.3) is 0 Å². The lowest BCUT2D eigenvalue weighted by Gasteiger charge is -2.45. The molecule has 34 heavy (non-hydrogen) atoms. The Morgan fingerprint density at radius 2 is 1.91 bits per heavy atom. The predicted molar refractivity (Wildman–Crippen MR) is 136 cm³/mol. The molecule has 4 rings (SSSR count). The highest BCUT2D eigenvalue weighted by Crippen LogP contribution is 2.38. The highest BCUT2D eigenvalue weighted by Gasteiger charge is 2.37. The minimum absolute atomic E-state index is 0.0829. The second-order valence-corrected chi connectivity index (χ2v) is 10.4. The molecule has 0 N–H and O–H groups in total. The molecule has 0 aliphatic carbocycles. The van der Waals surface area contributed by atoms with Crippen LogP contribution in [0.1, 0.15) is 73.6 Å². The third-order valence-electron chi connectivity index (χ3n) is 7.87. The first-order chi connectivity index (χ1) is 16.5. The van der Waals surface area contributed by atoms with E-state index in [1.54, 1.807) is 4.68 Å². The van der Waals surface area contributed by atoms with E-state index in [2.05, 4.69) is 41.2 Å². The van der Waals surface area contributed by atoms with Crippen molar-refractivity contribution in [2.75, 3.05) is 39.3 Å². The van der Waals surface area contributed by atoms with Gasteiger partial charge in [-0.25, -0.2) is 0 Å². The third kappa shape index (κ3) is 6.01. The molecule has 1 aromatic heterocycles. The summed E-state index contributed by atoms with van der Waals surface area (Å²) in [5.41, 5.74) is 3.22. The van der Waals surface area contributed by atoms with Gasteiger partial charge in [0, 0.05) is 38.9 Å². The molecule has 6 heteroatoms. The molecule has 186 valence electrons. The molecular weight excluding hydrogens is 424 g/mol. The minimum atomic E-state index is 0.0829. The van der Waals surface area contributed by atoms with Crippen molar-refractivity contribution < 1.29 is 9.53 Å². The number of likely N-dealkylation sites (tertiary alicyclic amines) is 1. The van der Waals surface area contributed by atoms with Gasteiger partial charge in [-0.1, -0.05) is 38.0 Å². The molecule has 1 amide bonds. The van der Waals surface area contributed by atoms with E-state index in [4.69, 9.17) is 4.74 Å². The summed E-state index contributed by atoms with van der Waals surface area (Å²) in [6, 6.07) is 10.5. The molecule has 2 aliphatic rings. The number of carbonyl (C=O) groups excluding carboxylic acids is 1. The first kappa shape index (κ1) is 24.8. The van der Waals surface area contributed by atoms with Crippen LogP contribution in [0, 0.1) is 12.3 Å². The maximum absolute atomic E-state index is 13.1. The van der Waals surface area contributed by atoms with Crippen LogP contribution in [-0.4, -0.2) is 64.8 Å². The average molecular weight is 467 g/mol. The smallest absolute Gasteiger partial charge is 0.274 e. The van der Waals surface area contributed by atoms with Crippen molar-refractivity contribution in [3.63, 3.8) is 0 Å². The fourth-order valence-corrected chi connectivity index (χ4v) is 5.58. The van der Waals surface area contributed by atoms with E-state index in [0.717, 1.165) is 70.0 Å². The number of piperidine rings is 1. The number of para-hydroxylation sites is 1. The van der Waals surface area contributed by atoms with Gasteiger partial charge in [0.15, 0.2) is 5.69 Å². The van der Waals surface area contributed by atoms with Gasteiger partial charge in [0.05, 0.1) is 0 Å². The maximum Gasteiger partial charge on any atom is 0.274 e. The fraction of sp³-hybridized carbons (Fsp3) is 0.643. The summed E-state index contributed by atoms with van der Waals surface area (Å²) in [5, 5.41) is 4.43. The molecule has 0 radical (unpaired) electrons. The largest absolute Gasteiger partial charge is 0.492 e. The van der Waals surface area contributed by atoms with Crippen molar-refractivity contribution in [2.24, 2.45) is 12.5 Å². The molecule has 2 aliphatic heterocycles. The van der Waals surface area contributed by atoms with Gasteiger partial charge >= 0.3 is 0 Å². The predicted octanol–water partition coefficient (Wildman–Crippen LogP) is 4.86. The number of hydrogen-bond donors (Lipinski definition) is 0. The van der Waals surface area contributed by atoms with Crippen LogP contribution < -0.4 is 4.74 Å². The number of rotatable bonds is 4. The summed E-state index contributed by atoms with van der Waals surface area (Å²) in [7, 11) is 1.90. The van der Waals surface area contributed by atoms with E-state index < -0.39 is 0 Å². The summed E-state index contributed by atoms with van der Waals surface area (Å²) >= 11 is 0. The first-order valence-corrected chi connectivity index (χ1v) is 13.2. The van der Waals surface area contributed by atoms with Gasteiger partial charge in [0.25, 0.3) is 5.91 Å². The zero-order valence-electron chi connectivity index (χ0n) is 21.4. The van der Waals surface area contributed by atoms with Crippen LogP contribution in [-0.2, 0) is 13.5 Å². The van der Waals surface area contributed by atoms with Gasteiger partial charge in [-0.2, -0.15) is 5.10 Å². The van der Waals surface area contributed by atoms with Gasteiger partial charge in [-0.15, -0.1) is 0 Å². The normalized spacial score (nSPS) is 19.7. The maximum atomic E-state index is 13.1. The first-order valence-electron chi connectivity index (χ1n) is 13.2. The van der Waals surface area contributed by atoms with Crippen LogP contribution in [0.5, 0.6) is 5.75 Å². The second kappa shape index (κ2) is 11.4. The van der Waals surface area contributed by atoms with Crippen LogP contribution in [0.2, 0.25) is 0 Å². The molecule has 6 nitrogen and oxygen atoms in total. The molecule has 0 saturated carbocycles. The highest BCUT2D eigenvalue weighted by atomic mass is 16.5. The summed E-state index contributed by atoms with van der Waals surface area (Å²) < 4.78 is 8.04. The Hall–Kier alpha value is -2.34. The quantitative estimate of drug-likeness (QED) is 0.646. The van der Waals surface area contributed by atoms with E-state index in [1.807, 2.05) is 24.9 Å². The Labute approximate surface area is 205 Å². The molecule has 0 atom stereocenters. The van der Waals surface area contributed by atoms with Gasteiger partial charge in [0.2, 0.25) is 0 Å². The number of unbranched alkanes of at least 4 members (excludes halogenated alkanes) is 1. The van der Waals surface area contributed by atoms with E-state index in [-0.39, 0.29) is 11.3 Å². The van der Waals surface area contributed by atoms with Crippen LogP contribution in [0.4, 0.5) is 0 Å². The molecular formula is C28H42N4O2. The lowest BCUT2D eigenvalue weighted by atomic mass is 9.73. The van der Waals surface area contributed by atoms with Crippen molar-refractivity contribution in [1.82, 2.24) is 19.6 Å². The van der Waals surface area contributed by atoms with Crippen LogP contribution in [0.3, 0.4) is 0 Å². The van der Waals surface area contributed by atoms with E-state index in [0.29, 0.717) is 5.69 Å². The summed E-state index contributed by atoms with van der Waals surface area (Å²) in [6.45, 7) is 9.86. The monoisotopic (exact) mass is 466 g/mol. The summed E-state index contributed by atoms with van der Waals surface area (Å²) in [4.78, 5) is 17.7. The Morgan fingerprint density at radius 1 is 1.12 bits per heavy atom. The second-order valence-electron chi connectivity index (χ2n) is 10.4. The number of amides is 1. The lowest BCUT2D eigenvalue weighted by molar-refractivity contribution is 0.0371. The lowest BCUT2D eigenvalue weighted by Crippen LogP contribution is -2.49. The van der Waals surface area contributed by atoms with E-state index in [1.165, 1.54) is 37.7 Å². The van der Waals surface area contributed by atoms with Crippen LogP contribution >= 0.6 is 0 Å². The van der Waals surface area contributed by atoms with E-state index in [9.17, 15) is 4.79 Å². The van der Waals surface area contributed by atoms with Crippen molar-refractivity contribution in [3.8, 4) is 5.75 Å². The molecule has 3 heterocycles. The Bertz CT molecular complexity index is 926. The summed E-state index contributed by atoms with van der Waals surface area (Å²) in [6.07, 6.45) is 9.31.